The molecule has 0 atom stereocenters. The number of methoxy groups -OCH3 is 2. The number of hydrogen-bond donors (Lipinski definition) is 0. The first-order valence-electron chi connectivity index (χ1n) is 5.76. The van der Waals surface area contributed by atoms with E-state index >= 15 is 0 Å². The molecular formula is C13H13N3O2S. The zero-order chi connectivity index (χ0) is 13.4. The summed E-state index contributed by atoms with van der Waals surface area (Å²) in [6, 6.07) is 5.80. The highest BCUT2D eigenvalue weighted by molar-refractivity contribution is 7.13. The van der Waals surface area contributed by atoms with Gasteiger partial charge in [-0.3, -0.25) is 4.40 Å². The minimum Gasteiger partial charge on any atom is -0.482 e. The topological polar surface area (TPSA) is 48.7 Å². The molecule has 0 aliphatic rings. The molecule has 0 fully saturated rings. The van der Waals surface area contributed by atoms with Gasteiger partial charge < -0.3 is 9.47 Å². The average molecular weight is 275 g/mol. The molecule has 0 unspecified atom stereocenters. The first kappa shape index (κ1) is 12.0. The highest BCUT2D eigenvalue weighted by Crippen LogP contribution is 2.30. The lowest BCUT2D eigenvalue weighted by Crippen LogP contribution is -1.99. The van der Waals surface area contributed by atoms with Crippen molar-refractivity contribution in [2.24, 2.45) is 0 Å². The van der Waals surface area contributed by atoms with Crippen LogP contribution in [0.3, 0.4) is 0 Å². The summed E-state index contributed by atoms with van der Waals surface area (Å²) < 4.78 is 12.4. The molecule has 0 radical (unpaired) electrons. The van der Waals surface area contributed by atoms with Crippen LogP contribution < -0.4 is 9.47 Å². The summed E-state index contributed by atoms with van der Waals surface area (Å²) in [7, 11) is 3.20. The van der Waals surface area contributed by atoms with E-state index in [1.54, 1.807) is 31.6 Å². The van der Waals surface area contributed by atoms with Crippen molar-refractivity contribution in [2.45, 2.75) is 6.92 Å². The molecule has 0 saturated carbocycles. The molecule has 5 nitrogen and oxygen atoms in total. The van der Waals surface area contributed by atoms with Crippen LogP contribution in [0.4, 0.5) is 0 Å². The van der Waals surface area contributed by atoms with Crippen molar-refractivity contribution in [3.63, 3.8) is 0 Å². The van der Waals surface area contributed by atoms with Crippen LogP contribution in [0.25, 0.3) is 16.3 Å². The van der Waals surface area contributed by atoms with Crippen LogP contribution in [0.1, 0.15) is 5.69 Å². The van der Waals surface area contributed by atoms with Gasteiger partial charge in [-0.05, 0) is 18.4 Å². The van der Waals surface area contributed by atoms with E-state index in [4.69, 9.17) is 9.47 Å². The van der Waals surface area contributed by atoms with E-state index in [0.29, 0.717) is 17.5 Å². The fourth-order valence-electron chi connectivity index (χ4n) is 2.03. The van der Waals surface area contributed by atoms with Gasteiger partial charge in [0.05, 0.1) is 30.9 Å². The molecule has 0 amide bonds. The molecule has 0 saturated heterocycles. The van der Waals surface area contributed by atoms with Gasteiger partial charge in [0.2, 0.25) is 17.5 Å². The van der Waals surface area contributed by atoms with Crippen molar-refractivity contribution in [3.8, 4) is 22.3 Å². The summed E-state index contributed by atoms with van der Waals surface area (Å²) in [5, 5.41) is 2.03. The second-order valence-electron chi connectivity index (χ2n) is 4.00. The lowest BCUT2D eigenvalue weighted by molar-refractivity contribution is 0.369. The highest BCUT2D eigenvalue weighted by Gasteiger charge is 2.16. The van der Waals surface area contributed by atoms with E-state index in [9.17, 15) is 0 Å². The molecular weight excluding hydrogens is 262 g/mol. The SMILES string of the molecule is COc1cc(OC)n2c(C)c(-c3cccs3)nc2n1. The van der Waals surface area contributed by atoms with E-state index in [2.05, 4.69) is 9.97 Å². The van der Waals surface area contributed by atoms with Crippen molar-refractivity contribution in [2.75, 3.05) is 14.2 Å². The van der Waals surface area contributed by atoms with E-state index in [-0.39, 0.29) is 0 Å². The first-order chi connectivity index (χ1) is 9.24. The minimum absolute atomic E-state index is 0.493. The fourth-order valence-corrected chi connectivity index (χ4v) is 2.79. The summed E-state index contributed by atoms with van der Waals surface area (Å²) >= 11 is 1.65. The van der Waals surface area contributed by atoms with Gasteiger partial charge >= 0.3 is 0 Å². The number of imidazole rings is 1. The standard InChI is InChI=1S/C13H13N3O2S/c1-8-12(9-5-4-6-19-9)15-13-14-10(17-2)7-11(18-3)16(8)13/h4-7H,1-3H3. The average Bonchev–Trinajstić information content (AvgIpc) is 3.05. The maximum atomic E-state index is 5.39. The Morgan fingerprint density at radius 1 is 1.21 bits per heavy atom. The summed E-state index contributed by atoms with van der Waals surface area (Å²) in [6.45, 7) is 2.01. The van der Waals surface area contributed by atoms with E-state index in [1.165, 1.54) is 0 Å². The van der Waals surface area contributed by atoms with E-state index in [0.717, 1.165) is 16.3 Å². The number of nitrogens with zero attached hydrogens (tertiary/aromatic N) is 3. The summed E-state index contributed by atoms with van der Waals surface area (Å²) in [5.74, 6) is 1.74. The van der Waals surface area contributed by atoms with Crippen LogP contribution in [0.15, 0.2) is 23.6 Å². The quantitative estimate of drug-likeness (QED) is 0.737. The molecule has 19 heavy (non-hydrogen) atoms. The number of ether oxygens (including phenoxy) is 2. The Morgan fingerprint density at radius 2 is 2.05 bits per heavy atom. The van der Waals surface area contributed by atoms with Crippen LogP contribution >= 0.6 is 11.3 Å². The van der Waals surface area contributed by atoms with Gasteiger partial charge in [0.15, 0.2) is 0 Å². The van der Waals surface area contributed by atoms with Gasteiger partial charge in [-0.2, -0.15) is 4.98 Å². The van der Waals surface area contributed by atoms with Gasteiger partial charge in [-0.15, -0.1) is 11.3 Å². The smallest absolute Gasteiger partial charge is 0.240 e. The predicted molar refractivity (Wildman–Crippen MR) is 74.1 cm³/mol. The second-order valence-corrected chi connectivity index (χ2v) is 4.95. The third-order valence-electron chi connectivity index (χ3n) is 2.94. The van der Waals surface area contributed by atoms with E-state index < -0.39 is 0 Å². The van der Waals surface area contributed by atoms with Crippen LogP contribution in [-0.4, -0.2) is 28.6 Å². The summed E-state index contributed by atoms with van der Waals surface area (Å²) in [5.41, 5.74) is 1.93. The van der Waals surface area contributed by atoms with Crippen molar-refractivity contribution < 1.29 is 9.47 Å². The molecule has 3 aromatic heterocycles. The lowest BCUT2D eigenvalue weighted by atomic mass is 10.3. The molecule has 3 aromatic rings. The number of thiophene rings is 1. The maximum Gasteiger partial charge on any atom is 0.240 e. The number of rotatable bonds is 3. The van der Waals surface area contributed by atoms with Gasteiger partial charge in [0.25, 0.3) is 0 Å². The number of fused-ring (bicyclic) bond motifs is 1. The molecule has 3 rings (SSSR count). The maximum absolute atomic E-state index is 5.39. The molecule has 6 heteroatoms. The van der Waals surface area contributed by atoms with Crippen LogP contribution in [0, 0.1) is 6.92 Å². The molecule has 0 aliphatic heterocycles. The van der Waals surface area contributed by atoms with Gasteiger partial charge in [-0.1, -0.05) is 6.07 Å². The zero-order valence-electron chi connectivity index (χ0n) is 10.9. The Bertz CT molecular complexity index is 719. The Kier molecular flexibility index (Phi) is 2.87. The van der Waals surface area contributed by atoms with Gasteiger partial charge in [0, 0.05) is 0 Å². The summed E-state index contributed by atoms with van der Waals surface area (Å²) in [4.78, 5) is 10.0. The molecule has 3 heterocycles. The molecule has 0 aliphatic carbocycles. The number of aromatic nitrogens is 3. The lowest BCUT2D eigenvalue weighted by Gasteiger charge is -2.07. The number of aryl methyl sites for hydroxylation is 1. The normalized spacial score (nSPS) is 10.9. The molecule has 0 N–H and O–H groups in total. The summed E-state index contributed by atoms with van der Waals surface area (Å²) in [6.07, 6.45) is 0. The fraction of sp³-hybridized carbons (Fsp3) is 0.231. The van der Waals surface area contributed by atoms with Gasteiger partial charge in [-0.25, -0.2) is 4.98 Å². The van der Waals surface area contributed by atoms with E-state index in [1.807, 2.05) is 28.8 Å². The van der Waals surface area contributed by atoms with Gasteiger partial charge in [0.1, 0.15) is 5.69 Å². The Hall–Kier alpha value is -2.08. The van der Waals surface area contributed by atoms with Crippen LogP contribution in [-0.2, 0) is 0 Å². The van der Waals surface area contributed by atoms with Crippen LogP contribution in [0.2, 0.25) is 0 Å². The highest BCUT2D eigenvalue weighted by atomic mass is 32.1. The zero-order valence-corrected chi connectivity index (χ0v) is 11.7. The molecule has 98 valence electrons. The second kappa shape index (κ2) is 4.55. The van der Waals surface area contributed by atoms with Crippen molar-refractivity contribution >= 4 is 17.1 Å². The molecule has 0 bridgehead atoms. The molecule has 0 aromatic carbocycles. The predicted octanol–water partition coefficient (Wildman–Crippen LogP) is 2.78. The monoisotopic (exact) mass is 275 g/mol. The minimum atomic E-state index is 0.493. The van der Waals surface area contributed by atoms with Crippen LogP contribution in [0.5, 0.6) is 11.8 Å². The Labute approximate surface area is 114 Å². The number of hydrogen-bond acceptors (Lipinski definition) is 5. The van der Waals surface area contributed by atoms with Crippen molar-refractivity contribution in [1.29, 1.82) is 0 Å². The van der Waals surface area contributed by atoms with Crippen molar-refractivity contribution in [3.05, 3.63) is 29.3 Å². The first-order valence-corrected chi connectivity index (χ1v) is 6.64. The van der Waals surface area contributed by atoms with Crippen molar-refractivity contribution in [1.82, 2.24) is 14.4 Å². The Morgan fingerprint density at radius 3 is 2.68 bits per heavy atom. The third-order valence-corrected chi connectivity index (χ3v) is 3.82. The Balaban J connectivity index is 2.31. The largest absolute Gasteiger partial charge is 0.482 e. The third kappa shape index (κ3) is 1.84. The molecule has 0 spiro atoms.